The molecule has 0 heterocycles. The molecule has 0 saturated heterocycles. The molecule has 0 unspecified atom stereocenters. The molecule has 1 aliphatic rings. The Balaban J connectivity index is 2.66. The SMILES string of the molecule is CCCCC(C)(C)[C@H](O)/C=C/[C@@H]1[C@H](O)CC(=O)[C@H]1CC(=O)CCCCC(=O)O. The summed E-state index contributed by atoms with van der Waals surface area (Å²) < 4.78 is 0. The zero-order valence-electron chi connectivity index (χ0n) is 17.4. The number of Topliss-reactive ketones (excluding diaryl/α,β-unsaturated/α-hetero) is 2. The van der Waals surface area contributed by atoms with Crippen molar-refractivity contribution < 1.29 is 29.7 Å². The van der Waals surface area contributed by atoms with Crippen molar-refractivity contribution in [2.24, 2.45) is 17.3 Å². The fourth-order valence-corrected chi connectivity index (χ4v) is 3.71. The predicted molar refractivity (Wildman–Crippen MR) is 107 cm³/mol. The van der Waals surface area contributed by atoms with Gasteiger partial charge in [-0.15, -0.1) is 0 Å². The lowest BCUT2D eigenvalue weighted by atomic mass is 9.80. The van der Waals surface area contributed by atoms with Gasteiger partial charge < -0.3 is 15.3 Å². The summed E-state index contributed by atoms with van der Waals surface area (Å²) in [5.41, 5.74) is -0.296. The molecule has 0 bridgehead atoms. The van der Waals surface area contributed by atoms with E-state index in [1.54, 1.807) is 12.2 Å². The van der Waals surface area contributed by atoms with Crippen LogP contribution in [-0.2, 0) is 14.4 Å². The number of hydrogen-bond acceptors (Lipinski definition) is 5. The van der Waals surface area contributed by atoms with Crippen LogP contribution in [0.4, 0.5) is 0 Å². The molecule has 1 aliphatic carbocycles. The van der Waals surface area contributed by atoms with Crippen LogP contribution in [0.15, 0.2) is 12.2 Å². The number of ketones is 2. The third kappa shape index (κ3) is 7.84. The molecule has 3 N–H and O–H groups in total. The van der Waals surface area contributed by atoms with Gasteiger partial charge in [-0.25, -0.2) is 0 Å². The van der Waals surface area contributed by atoms with Crippen molar-refractivity contribution in [1.82, 2.24) is 0 Å². The van der Waals surface area contributed by atoms with E-state index in [0.29, 0.717) is 12.8 Å². The number of aliphatic carboxylic acids is 1. The summed E-state index contributed by atoms with van der Waals surface area (Å²) in [6, 6.07) is 0. The lowest BCUT2D eigenvalue weighted by Gasteiger charge is -2.29. The highest BCUT2D eigenvalue weighted by molar-refractivity contribution is 5.90. The van der Waals surface area contributed by atoms with Crippen LogP contribution in [0.1, 0.15) is 78.6 Å². The molecule has 0 amide bonds. The van der Waals surface area contributed by atoms with Crippen molar-refractivity contribution in [3.63, 3.8) is 0 Å². The zero-order valence-corrected chi connectivity index (χ0v) is 17.4. The molecular formula is C22H36O6. The van der Waals surface area contributed by atoms with Gasteiger partial charge in [0, 0.05) is 37.5 Å². The third-order valence-electron chi connectivity index (χ3n) is 5.77. The zero-order chi connectivity index (χ0) is 21.3. The van der Waals surface area contributed by atoms with Crippen molar-refractivity contribution in [3.05, 3.63) is 12.2 Å². The molecule has 0 aromatic carbocycles. The molecule has 160 valence electrons. The van der Waals surface area contributed by atoms with E-state index in [1.807, 2.05) is 13.8 Å². The fraction of sp³-hybridized carbons (Fsp3) is 0.773. The van der Waals surface area contributed by atoms with Gasteiger partial charge in [0.2, 0.25) is 0 Å². The average molecular weight is 397 g/mol. The van der Waals surface area contributed by atoms with E-state index >= 15 is 0 Å². The molecule has 6 nitrogen and oxygen atoms in total. The van der Waals surface area contributed by atoms with E-state index in [2.05, 4.69) is 6.92 Å². The van der Waals surface area contributed by atoms with Crippen molar-refractivity contribution in [2.75, 3.05) is 0 Å². The van der Waals surface area contributed by atoms with Gasteiger partial charge >= 0.3 is 5.97 Å². The van der Waals surface area contributed by atoms with Gasteiger partial charge in [0.05, 0.1) is 12.2 Å². The number of carboxylic acids is 1. The van der Waals surface area contributed by atoms with Crippen molar-refractivity contribution in [2.45, 2.75) is 90.8 Å². The van der Waals surface area contributed by atoms with E-state index in [1.165, 1.54) is 0 Å². The van der Waals surface area contributed by atoms with Gasteiger partial charge in [0.1, 0.15) is 11.6 Å². The number of hydrogen-bond donors (Lipinski definition) is 3. The van der Waals surface area contributed by atoms with Crippen LogP contribution in [0.5, 0.6) is 0 Å². The van der Waals surface area contributed by atoms with E-state index in [9.17, 15) is 24.6 Å². The van der Waals surface area contributed by atoms with Gasteiger partial charge in [-0.3, -0.25) is 14.4 Å². The topological polar surface area (TPSA) is 112 Å². The predicted octanol–water partition coefficient (Wildman–Crippen LogP) is 3.29. The van der Waals surface area contributed by atoms with Crippen LogP contribution in [0.3, 0.4) is 0 Å². The average Bonchev–Trinajstić information content (AvgIpc) is 2.87. The number of carbonyl (C=O) groups is 3. The summed E-state index contributed by atoms with van der Waals surface area (Å²) in [4.78, 5) is 35.0. The Kier molecular flexibility index (Phi) is 10.0. The first-order valence-electron chi connectivity index (χ1n) is 10.4. The molecule has 1 saturated carbocycles. The highest BCUT2D eigenvalue weighted by Crippen LogP contribution is 2.35. The van der Waals surface area contributed by atoms with E-state index in [4.69, 9.17) is 5.11 Å². The molecule has 0 spiro atoms. The van der Waals surface area contributed by atoms with E-state index in [0.717, 1.165) is 19.3 Å². The van der Waals surface area contributed by atoms with Gasteiger partial charge in [0.25, 0.3) is 0 Å². The smallest absolute Gasteiger partial charge is 0.303 e. The summed E-state index contributed by atoms with van der Waals surface area (Å²) in [6.07, 6.45) is 6.07. The molecule has 28 heavy (non-hydrogen) atoms. The lowest BCUT2D eigenvalue weighted by Crippen LogP contribution is -2.28. The number of carbonyl (C=O) groups excluding carboxylic acids is 2. The second-order valence-electron chi connectivity index (χ2n) is 8.69. The van der Waals surface area contributed by atoms with Crippen LogP contribution in [-0.4, -0.2) is 45.1 Å². The molecule has 1 fully saturated rings. The Hall–Kier alpha value is -1.53. The van der Waals surface area contributed by atoms with Crippen LogP contribution in [0, 0.1) is 17.3 Å². The lowest BCUT2D eigenvalue weighted by molar-refractivity contribution is -0.137. The fourth-order valence-electron chi connectivity index (χ4n) is 3.71. The minimum atomic E-state index is -0.882. The molecule has 0 aliphatic heterocycles. The van der Waals surface area contributed by atoms with Crippen molar-refractivity contribution >= 4 is 17.5 Å². The summed E-state index contributed by atoms with van der Waals surface area (Å²) in [7, 11) is 0. The summed E-state index contributed by atoms with van der Waals surface area (Å²) in [5, 5.41) is 29.4. The van der Waals surface area contributed by atoms with Crippen LogP contribution in [0.2, 0.25) is 0 Å². The maximum Gasteiger partial charge on any atom is 0.303 e. The number of carboxylic acid groups (broad SMARTS) is 1. The van der Waals surface area contributed by atoms with Crippen molar-refractivity contribution in [1.29, 1.82) is 0 Å². The van der Waals surface area contributed by atoms with Gasteiger partial charge in [-0.05, 0) is 24.7 Å². The van der Waals surface area contributed by atoms with Crippen LogP contribution in [0.25, 0.3) is 0 Å². The second kappa shape index (κ2) is 11.5. The van der Waals surface area contributed by atoms with Gasteiger partial charge in [-0.2, -0.15) is 0 Å². The maximum absolute atomic E-state index is 12.2. The monoisotopic (exact) mass is 396 g/mol. The highest BCUT2D eigenvalue weighted by Gasteiger charge is 2.41. The molecule has 0 aromatic heterocycles. The normalized spacial score (nSPS) is 24.0. The number of rotatable bonds is 13. The Morgan fingerprint density at radius 2 is 1.86 bits per heavy atom. The van der Waals surface area contributed by atoms with E-state index in [-0.39, 0.29) is 42.7 Å². The van der Waals surface area contributed by atoms with Crippen molar-refractivity contribution in [3.8, 4) is 0 Å². The summed E-state index contributed by atoms with van der Waals surface area (Å²) in [5.74, 6) is -2.12. The number of unbranched alkanes of at least 4 members (excludes halogenated alkanes) is 2. The molecule has 0 aromatic rings. The third-order valence-corrected chi connectivity index (χ3v) is 5.77. The largest absolute Gasteiger partial charge is 0.481 e. The summed E-state index contributed by atoms with van der Waals surface area (Å²) >= 11 is 0. The Bertz CT molecular complexity index is 565. The standard InChI is InChI=1S/C22H36O6/c1-4-5-12-22(2,3)20(26)11-10-16-17(19(25)14-18(16)24)13-15(23)8-6-7-9-21(27)28/h10-11,16-18,20,24,26H,4-9,12-14H2,1-3H3,(H,27,28)/b11-10+/t16-,17-,18+,20+/m0/s1. The first-order chi connectivity index (χ1) is 13.1. The number of aliphatic hydroxyl groups excluding tert-OH is 2. The minimum Gasteiger partial charge on any atom is -0.481 e. The first kappa shape index (κ1) is 24.5. The molecule has 0 radical (unpaired) electrons. The van der Waals surface area contributed by atoms with Crippen LogP contribution >= 0.6 is 0 Å². The molecular weight excluding hydrogens is 360 g/mol. The Morgan fingerprint density at radius 1 is 1.21 bits per heavy atom. The Morgan fingerprint density at radius 3 is 2.46 bits per heavy atom. The first-order valence-corrected chi connectivity index (χ1v) is 10.4. The minimum absolute atomic E-state index is 0.0291. The molecule has 4 atom stereocenters. The Labute approximate surface area is 168 Å². The van der Waals surface area contributed by atoms with Gasteiger partial charge in [-0.1, -0.05) is 45.8 Å². The van der Waals surface area contributed by atoms with Gasteiger partial charge in [0.15, 0.2) is 0 Å². The summed E-state index contributed by atoms with van der Waals surface area (Å²) in [6.45, 7) is 6.08. The molecule has 6 heteroatoms. The maximum atomic E-state index is 12.2. The molecule has 1 rings (SSSR count). The second-order valence-corrected chi connectivity index (χ2v) is 8.69. The quantitative estimate of drug-likeness (QED) is 0.325. The number of aliphatic hydroxyl groups is 2. The van der Waals surface area contributed by atoms with E-state index < -0.39 is 30.0 Å². The highest BCUT2D eigenvalue weighted by atomic mass is 16.4. The van der Waals surface area contributed by atoms with Crippen LogP contribution < -0.4 is 0 Å².